The van der Waals surface area contributed by atoms with Gasteiger partial charge in [0.05, 0.1) is 22.1 Å². The molecule has 48 heavy (non-hydrogen) atoms. The van der Waals surface area contributed by atoms with Crippen LogP contribution >= 0.6 is 11.3 Å². The molecule has 5 heteroatoms. The Bertz CT molecular complexity index is 2980. The molecule has 4 aromatic heterocycles. The van der Waals surface area contributed by atoms with Crippen LogP contribution in [0.5, 0.6) is 0 Å². The third-order valence-corrected chi connectivity index (χ3v) is 11.5. The number of fused-ring (bicyclic) bond motifs is 13. The highest BCUT2D eigenvalue weighted by atomic mass is 32.1. The largest absolute Gasteiger partial charge is 0.456 e. The smallest absolute Gasteiger partial charge is 0.236 e. The van der Waals surface area contributed by atoms with E-state index in [2.05, 4.69) is 140 Å². The monoisotopic (exact) mass is 633 g/mol. The Labute approximate surface area is 279 Å². The predicted molar refractivity (Wildman–Crippen MR) is 200 cm³/mol. The van der Waals surface area contributed by atoms with Crippen LogP contribution < -0.4 is 0 Å². The topological polar surface area (TPSA) is 43.9 Å². The Morgan fingerprint density at radius 3 is 2.27 bits per heavy atom. The van der Waals surface area contributed by atoms with Gasteiger partial charge in [0.15, 0.2) is 0 Å². The van der Waals surface area contributed by atoms with Gasteiger partial charge < -0.3 is 4.42 Å². The van der Waals surface area contributed by atoms with Crippen LogP contribution in [0.15, 0.2) is 132 Å². The number of aromatic nitrogens is 3. The molecule has 6 aromatic carbocycles. The summed E-state index contributed by atoms with van der Waals surface area (Å²) >= 11 is 1.73. The number of rotatable bonds is 2. The number of nitrogens with zero attached hydrogens (tertiary/aromatic N) is 3. The molecular weight excluding hydrogens is 607 g/mol. The molecule has 1 aliphatic rings. The first-order valence-electron chi connectivity index (χ1n) is 16.3. The third-order valence-electron chi connectivity index (χ3n) is 10.4. The molecule has 4 nitrogen and oxygen atoms in total. The highest BCUT2D eigenvalue weighted by molar-refractivity contribution is 7.25. The number of benzene rings is 6. The van der Waals surface area contributed by atoms with Gasteiger partial charge >= 0.3 is 0 Å². The summed E-state index contributed by atoms with van der Waals surface area (Å²) in [4.78, 5) is 11.9. The zero-order valence-electron chi connectivity index (χ0n) is 26.3. The summed E-state index contributed by atoms with van der Waals surface area (Å²) in [6, 6.07) is 45.4. The molecule has 0 fully saturated rings. The van der Waals surface area contributed by atoms with Gasteiger partial charge in [0, 0.05) is 42.6 Å². The molecule has 0 spiro atoms. The summed E-state index contributed by atoms with van der Waals surface area (Å²) in [7, 11) is 0. The normalized spacial score (nSPS) is 13.8. The van der Waals surface area contributed by atoms with E-state index in [4.69, 9.17) is 14.4 Å². The van der Waals surface area contributed by atoms with Crippen molar-refractivity contribution in [1.82, 2.24) is 14.5 Å². The van der Waals surface area contributed by atoms with Crippen LogP contribution in [0.3, 0.4) is 0 Å². The van der Waals surface area contributed by atoms with Crippen molar-refractivity contribution in [1.29, 1.82) is 0 Å². The number of hydrogen-bond acceptors (Lipinski definition) is 4. The Morgan fingerprint density at radius 2 is 1.38 bits per heavy atom. The Balaban J connectivity index is 1.35. The second kappa shape index (κ2) is 9.18. The van der Waals surface area contributed by atoms with Gasteiger partial charge in [-0.15, -0.1) is 11.3 Å². The van der Waals surface area contributed by atoms with Crippen molar-refractivity contribution in [3.63, 3.8) is 0 Å². The maximum atomic E-state index is 6.46. The van der Waals surface area contributed by atoms with E-state index in [0.29, 0.717) is 5.95 Å². The SMILES string of the molecule is CC1(C)c2ccccc2-c2cc3c4ccc5oc6ccccc6c5c4n(-c4nc(-c5ccccc5)c5c(n4)sc4ccccc45)c3cc21. The molecule has 0 radical (unpaired) electrons. The molecule has 4 heterocycles. The highest BCUT2D eigenvalue weighted by Crippen LogP contribution is 2.52. The van der Waals surface area contributed by atoms with E-state index in [1.165, 1.54) is 37.7 Å². The van der Waals surface area contributed by atoms with Gasteiger partial charge in [0.2, 0.25) is 5.95 Å². The second-order valence-corrected chi connectivity index (χ2v) is 14.4. The lowest BCUT2D eigenvalue weighted by Crippen LogP contribution is -2.15. The number of furan rings is 1. The summed E-state index contributed by atoms with van der Waals surface area (Å²) in [6.07, 6.45) is 0. The highest BCUT2D eigenvalue weighted by Gasteiger charge is 2.36. The minimum atomic E-state index is -0.148. The Hall–Kier alpha value is -5.78. The summed E-state index contributed by atoms with van der Waals surface area (Å²) in [5, 5.41) is 6.81. The predicted octanol–water partition coefficient (Wildman–Crippen LogP) is 11.8. The molecule has 11 rings (SSSR count). The van der Waals surface area contributed by atoms with Crippen molar-refractivity contribution in [3.8, 4) is 28.3 Å². The molecule has 226 valence electrons. The van der Waals surface area contributed by atoms with Crippen molar-refractivity contribution < 1.29 is 4.42 Å². The number of thiophene rings is 1. The number of para-hydroxylation sites is 1. The van der Waals surface area contributed by atoms with E-state index in [0.717, 1.165) is 59.8 Å². The lowest BCUT2D eigenvalue weighted by Gasteiger charge is -2.21. The minimum Gasteiger partial charge on any atom is -0.456 e. The van der Waals surface area contributed by atoms with Crippen molar-refractivity contribution in [2.45, 2.75) is 19.3 Å². The first kappa shape index (κ1) is 26.3. The fraction of sp³-hybridized carbons (Fsp3) is 0.0698. The zero-order chi connectivity index (χ0) is 31.7. The van der Waals surface area contributed by atoms with Crippen molar-refractivity contribution in [2.24, 2.45) is 0 Å². The van der Waals surface area contributed by atoms with Gasteiger partial charge in [-0.1, -0.05) is 105 Å². The van der Waals surface area contributed by atoms with Crippen molar-refractivity contribution in [2.75, 3.05) is 0 Å². The third kappa shape index (κ3) is 3.33. The molecule has 0 saturated heterocycles. The summed E-state index contributed by atoms with van der Waals surface area (Å²) < 4.78 is 9.98. The van der Waals surface area contributed by atoms with Crippen molar-refractivity contribution >= 4 is 75.4 Å². The van der Waals surface area contributed by atoms with Crippen LogP contribution in [-0.4, -0.2) is 14.5 Å². The summed E-state index contributed by atoms with van der Waals surface area (Å²) in [5.74, 6) is 0.666. The summed E-state index contributed by atoms with van der Waals surface area (Å²) in [6.45, 7) is 4.68. The zero-order valence-corrected chi connectivity index (χ0v) is 27.1. The Kier molecular flexibility index (Phi) is 5.03. The van der Waals surface area contributed by atoms with E-state index in [-0.39, 0.29) is 5.41 Å². The van der Waals surface area contributed by atoms with Gasteiger partial charge in [-0.3, -0.25) is 4.57 Å². The van der Waals surface area contributed by atoms with Gasteiger partial charge in [-0.2, -0.15) is 0 Å². The maximum absolute atomic E-state index is 6.46. The molecule has 1 aliphatic carbocycles. The fourth-order valence-electron chi connectivity index (χ4n) is 8.23. The van der Waals surface area contributed by atoms with Crippen LogP contribution in [0.2, 0.25) is 0 Å². The van der Waals surface area contributed by atoms with E-state index >= 15 is 0 Å². The number of hydrogen-bond donors (Lipinski definition) is 0. The molecule has 0 aliphatic heterocycles. The molecule has 0 unspecified atom stereocenters. The van der Waals surface area contributed by atoms with Crippen LogP contribution in [0.1, 0.15) is 25.0 Å². The van der Waals surface area contributed by atoms with Gasteiger partial charge in [-0.25, -0.2) is 9.97 Å². The molecule has 10 aromatic rings. The standard InChI is InChI=1S/C43H27N3OS/c1-43(2)31-17-9-6-14-25(31)29-22-30-26-20-21-35-37(27-15-7-10-18-34(27)47-35)40(26)46(33(30)23-32(29)43)42-44-39(24-12-4-3-5-13-24)38-28-16-8-11-19-36(28)48-41(38)45-42/h3-23H,1-2H3. The van der Waals surface area contributed by atoms with Crippen LogP contribution in [0, 0.1) is 0 Å². The minimum absolute atomic E-state index is 0.148. The first-order valence-corrected chi connectivity index (χ1v) is 17.2. The van der Waals surface area contributed by atoms with Crippen LogP contribution in [-0.2, 0) is 5.41 Å². The van der Waals surface area contributed by atoms with E-state index < -0.39 is 0 Å². The van der Waals surface area contributed by atoms with Crippen LogP contribution in [0.25, 0.3) is 92.4 Å². The van der Waals surface area contributed by atoms with Crippen LogP contribution in [0.4, 0.5) is 0 Å². The van der Waals surface area contributed by atoms with E-state index in [1.54, 1.807) is 11.3 Å². The molecule has 0 bridgehead atoms. The fourth-order valence-corrected chi connectivity index (χ4v) is 9.30. The van der Waals surface area contributed by atoms with E-state index in [9.17, 15) is 0 Å². The maximum Gasteiger partial charge on any atom is 0.236 e. The average Bonchev–Trinajstić information content (AvgIpc) is 3.84. The molecule has 0 amide bonds. The van der Waals surface area contributed by atoms with Gasteiger partial charge in [-0.05, 0) is 58.7 Å². The van der Waals surface area contributed by atoms with Gasteiger partial charge in [0.25, 0.3) is 0 Å². The first-order chi connectivity index (χ1) is 23.6. The Morgan fingerprint density at radius 1 is 0.604 bits per heavy atom. The van der Waals surface area contributed by atoms with E-state index in [1.807, 2.05) is 6.07 Å². The lowest BCUT2D eigenvalue weighted by atomic mass is 9.82. The molecule has 0 atom stereocenters. The molecule has 0 saturated carbocycles. The molecule has 0 N–H and O–H groups in total. The summed E-state index contributed by atoms with van der Waals surface area (Å²) in [5.41, 5.74) is 11.1. The van der Waals surface area contributed by atoms with Gasteiger partial charge in [0.1, 0.15) is 16.0 Å². The quantitative estimate of drug-likeness (QED) is 0.190. The molecular formula is C43H27N3OS. The lowest BCUT2D eigenvalue weighted by molar-refractivity contribution is 0.661. The average molecular weight is 634 g/mol. The second-order valence-electron chi connectivity index (χ2n) is 13.4. The van der Waals surface area contributed by atoms with Crippen molar-refractivity contribution in [3.05, 3.63) is 139 Å².